The lowest BCUT2D eigenvalue weighted by atomic mass is 10.0. The van der Waals surface area contributed by atoms with Gasteiger partial charge in [0.1, 0.15) is 19.3 Å². The number of carbonyl (C=O) groups is 4. The zero-order valence-corrected chi connectivity index (χ0v) is 65.6. The average molecular weight is 1440 g/mol. The monoisotopic (exact) mass is 1440 g/mol. The van der Waals surface area contributed by atoms with Gasteiger partial charge in [-0.05, 0) is 25.7 Å². The van der Waals surface area contributed by atoms with Gasteiger partial charge in [-0.15, -0.1) is 0 Å². The van der Waals surface area contributed by atoms with E-state index in [1.165, 1.54) is 257 Å². The molecule has 0 bridgehead atoms. The Kier molecular flexibility index (Phi) is 71.9. The van der Waals surface area contributed by atoms with E-state index in [2.05, 4.69) is 27.7 Å². The molecule has 0 aliphatic rings. The Labute approximate surface area is 600 Å². The first kappa shape index (κ1) is 96.1. The highest BCUT2D eigenvalue weighted by Crippen LogP contribution is 2.45. The molecule has 0 saturated heterocycles. The number of unbranched alkanes of at least 4 members (excludes halogenated alkanes) is 54. The van der Waals surface area contributed by atoms with Gasteiger partial charge in [0.05, 0.1) is 26.4 Å². The molecule has 2 unspecified atom stereocenters. The quantitative estimate of drug-likeness (QED) is 0.0222. The number of hydrogen-bond acceptors (Lipinski definition) is 15. The molecule has 0 saturated carbocycles. The van der Waals surface area contributed by atoms with Crippen LogP contribution >= 0.6 is 15.6 Å². The molecular formula is C79H154O17P2. The maximum atomic E-state index is 13.1. The van der Waals surface area contributed by atoms with Crippen LogP contribution < -0.4 is 0 Å². The van der Waals surface area contributed by atoms with Crippen molar-refractivity contribution in [1.29, 1.82) is 0 Å². The number of rotatable bonds is 80. The lowest BCUT2D eigenvalue weighted by molar-refractivity contribution is -0.161. The first-order valence-corrected chi connectivity index (χ1v) is 44.3. The molecule has 0 spiro atoms. The maximum absolute atomic E-state index is 13.1. The number of ether oxygens (including phenoxy) is 4. The topological polar surface area (TPSA) is 237 Å². The Hall–Kier alpha value is -1.94. The van der Waals surface area contributed by atoms with E-state index in [4.69, 9.17) is 37.0 Å². The van der Waals surface area contributed by atoms with Crippen molar-refractivity contribution >= 4 is 39.5 Å². The second-order valence-corrected chi connectivity index (χ2v) is 31.4. The minimum Gasteiger partial charge on any atom is -0.462 e. The van der Waals surface area contributed by atoms with E-state index >= 15 is 0 Å². The predicted molar refractivity (Wildman–Crippen MR) is 400 cm³/mol. The van der Waals surface area contributed by atoms with Gasteiger partial charge in [-0.25, -0.2) is 9.13 Å². The van der Waals surface area contributed by atoms with Crippen molar-refractivity contribution in [1.82, 2.24) is 0 Å². The van der Waals surface area contributed by atoms with Crippen molar-refractivity contribution in [3.05, 3.63) is 0 Å². The Balaban J connectivity index is 5.24. The molecule has 0 aliphatic heterocycles. The standard InChI is InChI=1S/C79H154O17P2/c1-5-9-13-17-21-25-29-32-35-37-40-43-46-50-54-58-62-66-79(84)96-75(70-90-77(82)64-60-56-52-48-44-41-39-36-33-30-26-22-18-14-10-6-2)72-94-98(87,88)92-68-73(80)67-91-97(85,86)93-71-74(69-89-76(81)63-59-55-51-47-28-24-20-16-12-8-4)95-78(83)65-61-57-53-49-45-42-38-34-31-27-23-19-15-11-7-3/h73-75,80H,5-72H2,1-4H3,(H,85,86)(H,87,88)/t73-,74+,75+/m0/s1. The fourth-order valence-electron chi connectivity index (χ4n) is 12.3. The van der Waals surface area contributed by atoms with E-state index in [0.29, 0.717) is 25.7 Å². The zero-order valence-electron chi connectivity index (χ0n) is 63.8. The molecule has 0 fully saturated rings. The first-order valence-electron chi connectivity index (χ1n) is 41.3. The average Bonchev–Trinajstić information content (AvgIpc) is 1.27. The largest absolute Gasteiger partial charge is 0.472 e. The van der Waals surface area contributed by atoms with Gasteiger partial charge >= 0.3 is 39.5 Å². The molecule has 0 aliphatic carbocycles. The molecule has 3 N–H and O–H groups in total. The third-order valence-corrected chi connectivity index (χ3v) is 20.5. The smallest absolute Gasteiger partial charge is 0.462 e. The van der Waals surface area contributed by atoms with Crippen LogP contribution in [0.4, 0.5) is 0 Å². The van der Waals surface area contributed by atoms with Crippen LogP contribution in [-0.4, -0.2) is 96.7 Å². The van der Waals surface area contributed by atoms with Gasteiger partial charge in [-0.1, -0.05) is 374 Å². The van der Waals surface area contributed by atoms with Crippen LogP contribution in [0.2, 0.25) is 0 Å². The van der Waals surface area contributed by atoms with Gasteiger partial charge in [0, 0.05) is 25.7 Å². The molecule has 98 heavy (non-hydrogen) atoms. The highest BCUT2D eigenvalue weighted by atomic mass is 31.2. The number of phosphoric ester groups is 2. The summed E-state index contributed by atoms with van der Waals surface area (Å²) in [4.78, 5) is 72.9. The zero-order chi connectivity index (χ0) is 71.8. The van der Waals surface area contributed by atoms with E-state index < -0.39 is 97.5 Å². The molecule has 0 rings (SSSR count). The molecule has 0 radical (unpaired) electrons. The van der Waals surface area contributed by atoms with Gasteiger partial charge in [0.2, 0.25) is 0 Å². The molecule has 0 aromatic carbocycles. The molecule has 0 aromatic heterocycles. The predicted octanol–water partition coefficient (Wildman–Crippen LogP) is 23.8. The third-order valence-electron chi connectivity index (χ3n) is 18.6. The van der Waals surface area contributed by atoms with Crippen molar-refractivity contribution in [3.63, 3.8) is 0 Å². The summed E-state index contributed by atoms with van der Waals surface area (Å²) in [6.45, 7) is 5.02. The molecule has 5 atom stereocenters. The molecule has 0 amide bonds. The van der Waals surface area contributed by atoms with E-state index in [1.807, 2.05) is 0 Å². The summed E-state index contributed by atoms with van der Waals surface area (Å²) in [5.41, 5.74) is 0. The first-order chi connectivity index (χ1) is 47.7. The molecule has 0 aromatic rings. The van der Waals surface area contributed by atoms with Gasteiger partial charge in [-0.3, -0.25) is 37.3 Å². The summed E-state index contributed by atoms with van der Waals surface area (Å²) in [5, 5.41) is 10.6. The molecule has 19 heteroatoms. The van der Waals surface area contributed by atoms with Crippen LogP contribution in [0.3, 0.4) is 0 Å². The summed E-state index contributed by atoms with van der Waals surface area (Å²) in [5.74, 6) is -2.10. The number of esters is 4. The van der Waals surface area contributed by atoms with Crippen molar-refractivity contribution in [3.8, 4) is 0 Å². The van der Waals surface area contributed by atoms with E-state index in [0.717, 1.165) is 89.9 Å². The number of carbonyl (C=O) groups excluding carboxylic acids is 4. The van der Waals surface area contributed by atoms with E-state index in [-0.39, 0.29) is 25.7 Å². The lowest BCUT2D eigenvalue weighted by Crippen LogP contribution is -2.30. The van der Waals surface area contributed by atoms with Crippen molar-refractivity contribution in [2.45, 2.75) is 444 Å². The highest BCUT2D eigenvalue weighted by molar-refractivity contribution is 7.47. The number of aliphatic hydroxyl groups excluding tert-OH is 1. The number of hydrogen-bond donors (Lipinski definition) is 3. The van der Waals surface area contributed by atoms with E-state index in [1.54, 1.807) is 0 Å². The summed E-state index contributed by atoms with van der Waals surface area (Å²) >= 11 is 0. The summed E-state index contributed by atoms with van der Waals surface area (Å²) in [7, 11) is -9.91. The third kappa shape index (κ3) is 72.4. The molecule has 0 heterocycles. The molecular weight excluding hydrogens is 1280 g/mol. The van der Waals surface area contributed by atoms with Gasteiger partial charge in [0.25, 0.3) is 0 Å². The van der Waals surface area contributed by atoms with Crippen molar-refractivity contribution < 1.29 is 80.2 Å². The fraction of sp³-hybridized carbons (Fsp3) is 0.949. The lowest BCUT2D eigenvalue weighted by Gasteiger charge is -2.21. The number of aliphatic hydroxyl groups is 1. The Morgan fingerprint density at radius 1 is 0.245 bits per heavy atom. The second-order valence-electron chi connectivity index (χ2n) is 28.5. The van der Waals surface area contributed by atoms with E-state index in [9.17, 15) is 43.2 Å². The van der Waals surface area contributed by atoms with Crippen LogP contribution in [0.1, 0.15) is 426 Å². The van der Waals surface area contributed by atoms with Crippen molar-refractivity contribution in [2.24, 2.45) is 0 Å². The summed E-state index contributed by atoms with van der Waals surface area (Å²) in [6.07, 6.45) is 65.0. The van der Waals surface area contributed by atoms with Gasteiger partial charge in [-0.2, -0.15) is 0 Å². The molecule has 17 nitrogen and oxygen atoms in total. The highest BCUT2D eigenvalue weighted by Gasteiger charge is 2.30. The summed E-state index contributed by atoms with van der Waals surface area (Å²) < 4.78 is 68.7. The Bertz CT molecular complexity index is 1860. The van der Waals surface area contributed by atoms with Crippen LogP contribution in [-0.2, 0) is 65.4 Å². The Morgan fingerprint density at radius 2 is 0.408 bits per heavy atom. The minimum atomic E-state index is -4.96. The van der Waals surface area contributed by atoms with Crippen LogP contribution in [0, 0.1) is 0 Å². The fourth-order valence-corrected chi connectivity index (χ4v) is 13.9. The Morgan fingerprint density at radius 3 is 0.602 bits per heavy atom. The van der Waals surface area contributed by atoms with Crippen molar-refractivity contribution in [2.75, 3.05) is 39.6 Å². The van der Waals surface area contributed by atoms with Gasteiger partial charge in [0.15, 0.2) is 12.2 Å². The van der Waals surface area contributed by atoms with Gasteiger partial charge < -0.3 is 33.8 Å². The number of phosphoric acid groups is 2. The van der Waals surface area contributed by atoms with Crippen LogP contribution in [0.15, 0.2) is 0 Å². The normalized spacial score (nSPS) is 13.8. The SMILES string of the molecule is CCCCCCCCCCCCCCCCCCCC(=O)O[C@H](COC(=O)CCCCCCCCCCCCCCCCCC)COP(=O)(O)OC[C@@H](O)COP(=O)(O)OC[C@@H](COC(=O)CCCCCCCCCCCC)OC(=O)CCCCCCCCCCCCCCCCC. The van der Waals surface area contributed by atoms with Crippen LogP contribution in [0.5, 0.6) is 0 Å². The summed E-state index contributed by atoms with van der Waals surface area (Å²) in [6, 6.07) is 0. The second kappa shape index (κ2) is 73.4. The maximum Gasteiger partial charge on any atom is 0.472 e. The molecule has 582 valence electrons. The van der Waals surface area contributed by atoms with Crippen LogP contribution in [0.25, 0.3) is 0 Å². The minimum absolute atomic E-state index is 0.109.